The fourth-order valence-electron chi connectivity index (χ4n) is 3.84. The summed E-state index contributed by atoms with van der Waals surface area (Å²) in [5, 5.41) is 60.2. The van der Waals surface area contributed by atoms with Gasteiger partial charge in [0.1, 0.15) is 42.7 Å². The molecule has 0 aromatic heterocycles. The summed E-state index contributed by atoms with van der Waals surface area (Å²) in [5.41, 5.74) is 6.74. The van der Waals surface area contributed by atoms with Crippen molar-refractivity contribution in [2.45, 2.75) is 74.4 Å². The van der Waals surface area contributed by atoms with E-state index in [1.54, 1.807) is 0 Å². The molecule has 11 heteroatoms. The highest BCUT2D eigenvalue weighted by atomic mass is 16.8. The number of nitrogens with two attached hydrogens (primary N) is 1. The van der Waals surface area contributed by atoms with Crippen LogP contribution in [0.3, 0.4) is 0 Å². The Hall–Kier alpha value is -1.22. The second-order valence-electron chi connectivity index (χ2n) is 7.96. The first-order valence-corrected chi connectivity index (χ1v) is 10.1. The molecule has 10 atom stereocenters. The van der Waals surface area contributed by atoms with E-state index >= 15 is 0 Å². The highest BCUT2D eigenvalue weighted by molar-refractivity contribution is 5.13. The number of aliphatic hydroxyl groups is 6. The summed E-state index contributed by atoms with van der Waals surface area (Å²) in [7, 11) is 0. The van der Waals surface area contributed by atoms with Gasteiger partial charge < -0.3 is 55.3 Å². The van der Waals surface area contributed by atoms with E-state index in [1.807, 2.05) is 30.3 Å². The largest absolute Gasteiger partial charge is 0.394 e. The van der Waals surface area contributed by atoms with Crippen LogP contribution in [0.2, 0.25) is 0 Å². The Labute approximate surface area is 179 Å². The van der Waals surface area contributed by atoms with E-state index in [2.05, 4.69) is 0 Å². The molecule has 176 valence electrons. The molecule has 8 N–H and O–H groups in total. The third-order valence-electron chi connectivity index (χ3n) is 5.67. The maximum Gasteiger partial charge on any atom is 0.197 e. The average Bonchev–Trinajstić information content (AvgIpc) is 2.77. The molecule has 2 aliphatic heterocycles. The van der Waals surface area contributed by atoms with Gasteiger partial charge in [-0.3, -0.25) is 0 Å². The maximum atomic E-state index is 10.7. The van der Waals surface area contributed by atoms with Gasteiger partial charge in [-0.2, -0.15) is 0 Å². The molecule has 0 radical (unpaired) electrons. The standard InChI is InChI=1S/C20H31NO10/c1-20(31-19-13(21)16(26)14(24)11(7-22)29-19)18(17(27)15(25)12(8-23)30-20)28-9-10-5-3-2-4-6-10/h2-6,11-19,22-27H,7-9,21H2,1H3/t11?,12?,13?,14-,15-,16?,17?,18?,19-,20-/m1/s1. The number of hydrogen-bond donors (Lipinski definition) is 7. The molecule has 0 amide bonds. The van der Waals surface area contributed by atoms with Gasteiger partial charge in [0.25, 0.3) is 0 Å². The van der Waals surface area contributed by atoms with Gasteiger partial charge in [0.15, 0.2) is 12.1 Å². The second kappa shape index (κ2) is 10.1. The minimum Gasteiger partial charge on any atom is -0.394 e. The summed E-state index contributed by atoms with van der Waals surface area (Å²) >= 11 is 0. The summed E-state index contributed by atoms with van der Waals surface area (Å²) in [4.78, 5) is 0. The number of rotatable bonds is 7. The molecule has 3 rings (SSSR count). The Balaban J connectivity index is 1.83. The first-order valence-electron chi connectivity index (χ1n) is 10.1. The van der Waals surface area contributed by atoms with E-state index in [0.29, 0.717) is 0 Å². The first kappa shape index (κ1) is 24.4. The molecule has 6 unspecified atom stereocenters. The van der Waals surface area contributed by atoms with Gasteiger partial charge in [0, 0.05) is 0 Å². The highest BCUT2D eigenvalue weighted by Gasteiger charge is 2.56. The van der Waals surface area contributed by atoms with Gasteiger partial charge in [-0.1, -0.05) is 30.3 Å². The molecule has 11 nitrogen and oxygen atoms in total. The molecular formula is C20H31NO10. The minimum absolute atomic E-state index is 0.0551. The molecule has 2 fully saturated rings. The van der Waals surface area contributed by atoms with Crippen molar-refractivity contribution in [2.75, 3.05) is 13.2 Å². The Bertz CT molecular complexity index is 694. The molecule has 0 spiro atoms. The lowest BCUT2D eigenvalue weighted by Gasteiger charge is -2.51. The van der Waals surface area contributed by atoms with Crippen LogP contribution in [0.25, 0.3) is 0 Å². The summed E-state index contributed by atoms with van der Waals surface area (Å²) in [6.07, 6.45) is -10.8. The number of aliphatic hydroxyl groups excluding tert-OH is 6. The van der Waals surface area contributed by atoms with E-state index in [1.165, 1.54) is 6.92 Å². The third kappa shape index (κ3) is 5.07. The molecule has 0 saturated carbocycles. The summed E-state index contributed by atoms with van der Waals surface area (Å²) in [6, 6.07) is 7.87. The zero-order valence-electron chi connectivity index (χ0n) is 17.1. The molecule has 0 bridgehead atoms. The lowest BCUT2D eigenvalue weighted by Crippen LogP contribution is -2.69. The highest BCUT2D eigenvalue weighted by Crippen LogP contribution is 2.36. The Morgan fingerprint density at radius 2 is 1.55 bits per heavy atom. The van der Waals surface area contributed by atoms with Crippen molar-refractivity contribution in [1.29, 1.82) is 0 Å². The summed E-state index contributed by atoms with van der Waals surface area (Å²) < 4.78 is 22.9. The number of ether oxygens (including phenoxy) is 4. The van der Waals surface area contributed by atoms with E-state index < -0.39 is 74.1 Å². The van der Waals surface area contributed by atoms with Crippen molar-refractivity contribution in [3.63, 3.8) is 0 Å². The van der Waals surface area contributed by atoms with Gasteiger partial charge in [-0.05, 0) is 12.5 Å². The van der Waals surface area contributed by atoms with Crippen LogP contribution >= 0.6 is 0 Å². The van der Waals surface area contributed by atoms with Crippen LogP contribution in [-0.2, 0) is 25.6 Å². The van der Waals surface area contributed by atoms with E-state index in [0.717, 1.165) is 5.56 Å². The normalized spacial score (nSPS) is 43.7. The van der Waals surface area contributed by atoms with Crippen LogP contribution in [-0.4, -0.2) is 105 Å². The first-order chi connectivity index (χ1) is 14.7. The Morgan fingerprint density at radius 1 is 0.935 bits per heavy atom. The second-order valence-corrected chi connectivity index (χ2v) is 7.96. The van der Waals surface area contributed by atoms with Crippen LogP contribution in [0.15, 0.2) is 30.3 Å². The molecular weight excluding hydrogens is 414 g/mol. The molecule has 31 heavy (non-hydrogen) atoms. The van der Waals surface area contributed by atoms with Gasteiger partial charge in [0.05, 0.1) is 25.9 Å². The number of hydrogen-bond acceptors (Lipinski definition) is 11. The van der Waals surface area contributed by atoms with Crippen LogP contribution in [0, 0.1) is 0 Å². The molecule has 2 aliphatic rings. The predicted octanol–water partition coefficient (Wildman–Crippen LogP) is -2.82. The van der Waals surface area contributed by atoms with Crippen LogP contribution in [0.4, 0.5) is 0 Å². The monoisotopic (exact) mass is 445 g/mol. The van der Waals surface area contributed by atoms with Crippen LogP contribution in [0.5, 0.6) is 0 Å². The fourth-order valence-corrected chi connectivity index (χ4v) is 3.84. The quantitative estimate of drug-likeness (QED) is 0.230. The smallest absolute Gasteiger partial charge is 0.197 e. The van der Waals surface area contributed by atoms with Crippen LogP contribution < -0.4 is 5.73 Å². The number of benzene rings is 1. The summed E-state index contributed by atoms with van der Waals surface area (Å²) in [6.45, 7) is 0.263. The van der Waals surface area contributed by atoms with Crippen LogP contribution in [0.1, 0.15) is 12.5 Å². The Kier molecular flexibility index (Phi) is 8.00. The van der Waals surface area contributed by atoms with Gasteiger partial charge in [0.2, 0.25) is 0 Å². The molecule has 0 aliphatic carbocycles. The lowest BCUT2D eigenvalue weighted by atomic mass is 9.92. The zero-order valence-corrected chi connectivity index (χ0v) is 17.1. The minimum atomic E-state index is -1.77. The van der Waals surface area contributed by atoms with Gasteiger partial charge >= 0.3 is 0 Å². The van der Waals surface area contributed by atoms with Gasteiger partial charge in [-0.15, -0.1) is 0 Å². The molecule has 1 aromatic rings. The SMILES string of the molecule is C[C@]1(O[C@H]2OC(CO)[C@@H](O)C(O)C2N)OC(CO)[C@@H](O)C(O)C1OCc1ccccc1. The van der Waals surface area contributed by atoms with E-state index in [4.69, 9.17) is 24.7 Å². The van der Waals surface area contributed by atoms with Crippen molar-refractivity contribution in [2.24, 2.45) is 5.73 Å². The zero-order chi connectivity index (χ0) is 22.8. The van der Waals surface area contributed by atoms with Crippen molar-refractivity contribution in [3.05, 3.63) is 35.9 Å². The van der Waals surface area contributed by atoms with Gasteiger partial charge in [-0.25, -0.2) is 0 Å². The van der Waals surface area contributed by atoms with Crippen molar-refractivity contribution >= 4 is 0 Å². The van der Waals surface area contributed by atoms with Crippen molar-refractivity contribution in [3.8, 4) is 0 Å². The van der Waals surface area contributed by atoms with Crippen molar-refractivity contribution in [1.82, 2.24) is 0 Å². The average molecular weight is 445 g/mol. The fraction of sp³-hybridized carbons (Fsp3) is 0.700. The lowest BCUT2D eigenvalue weighted by molar-refractivity contribution is -0.411. The molecule has 2 saturated heterocycles. The van der Waals surface area contributed by atoms with Crippen molar-refractivity contribution < 1.29 is 49.6 Å². The molecule has 2 heterocycles. The van der Waals surface area contributed by atoms with E-state index in [-0.39, 0.29) is 6.61 Å². The predicted molar refractivity (Wildman–Crippen MR) is 104 cm³/mol. The third-order valence-corrected chi connectivity index (χ3v) is 5.67. The maximum absolute atomic E-state index is 10.7. The topological polar surface area (TPSA) is 184 Å². The Morgan fingerprint density at radius 3 is 2.16 bits per heavy atom. The summed E-state index contributed by atoms with van der Waals surface area (Å²) in [5.74, 6) is -1.77. The van der Waals surface area contributed by atoms with E-state index in [9.17, 15) is 30.6 Å². The molecule has 1 aromatic carbocycles.